The molecule has 1 amide bonds. The summed E-state index contributed by atoms with van der Waals surface area (Å²) in [6, 6.07) is 11.0. The number of nitrogens with zero attached hydrogens (tertiary/aromatic N) is 3. The molecule has 33 heavy (non-hydrogen) atoms. The van der Waals surface area contributed by atoms with E-state index in [-0.39, 0.29) is 5.91 Å². The molecule has 8 nitrogen and oxygen atoms in total. The molecule has 172 valence electrons. The average Bonchev–Trinajstić information content (AvgIpc) is 3.24. The number of carbonyl (C=O) groups excluding carboxylic acids is 1. The second-order valence-corrected chi connectivity index (χ2v) is 8.41. The SMILES string of the molecule is CCOc1cc(C2C(C(=O)Nc3ccccc3C)=C(C)Nc3ncnn32)cc(Br)c1OCC. The Morgan fingerprint density at radius 2 is 1.94 bits per heavy atom. The Morgan fingerprint density at radius 1 is 1.18 bits per heavy atom. The van der Waals surface area contributed by atoms with Crippen LogP contribution in [0.1, 0.15) is 37.9 Å². The van der Waals surface area contributed by atoms with E-state index in [1.165, 1.54) is 6.33 Å². The molecule has 1 atom stereocenters. The fraction of sp³-hybridized carbons (Fsp3) is 0.292. The first-order chi connectivity index (χ1) is 15.9. The van der Waals surface area contributed by atoms with Gasteiger partial charge in [0.2, 0.25) is 5.95 Å². The molecule has 2 aromatic carbocycles. The lowest BCUT2D eigenvalue weighted by atomic mass is 9.94. The van der Waals surface area contributed by atoms with Gasteiger partial charge in [0.15, 0.2) is 11.5 Å². The van der Waals surface area contributed by atoms with Crippen LogP contribution in [-0.4, -0.2) is 33.9 Å². The number of aromatic nitrogens is 3. The Balaban J connectivity index is 1.82. The van der Waals surface area contributed by atoms with Gasteiger partial charge in [0, 0.05) is 11.4 Å². The fourth-order valence-electron chi connectivity index (χ4n) is 3.89. The van der Waals surface area contributed by atoms with Crippen LogP contribution in [-0.2, 0) is 4.79 Å². The van der Waals surface area contributed by atoms with Crippen LogP contribution < -0.4 is 20.1 Å². The number of anilines is 2. The summed E-state index contributed by atoms with van der Waals surface area (Å²) >= 11 is 3.62. The number of hydrogen-bond acceptors (Lipinski definition) is 6. The highest BCUT2D eigenvalue weighted by Crippen LogP contribution is 2.43. The minimum atomic E-state index is -0.515. The smallest absolute Gasteiger partial charge is 0.255 e. The van der Waals surface area contributed by atoms with Gasteiger partial charge in [-0.2, -0.15) is 10.1 Å². The maximum atomic E-state index is 13.6. The highest BCUT2D eigenvalue weighted by molar-refractivity contribution is 9.10. The molecule has 0 spiro atoms. The van der Waals surface area contributed by atoms with Gasteiger partial charge in [-0.1, -0.05) is 18.2 Å². The number of benzene rings is 2. The van der Waals surface area contributed by atoms with Crippen LogP contribution in [0.15, 0.2) is 58.5 Å². The van der Waals surface area contributed by atoms with E-state index in [9.17, 15) is 4.79 Å². The Morgan fingerprint density at radius 3 is 2.67 bits per heavy atom. The minimum Gasteiger partial charge on any atom is -0.490 e. The molecule has 2 N–H and O–H groups in total. The zero-order valence-electron chi connectivity index (χ0n) is 19.0. The predicted molar refractivity (Wildman–Crippen MR) is 131 cm³/mol. The van der Waals surface area contributed by atoms with Crippen molar-refractivity contribution in [3.8, 4) is 11.5 Å². The van der Waals surface area contributed by atoms with Gasteiger partial charge < -0.3 is 20.1 Å². The van der Waals surface area contributed by atoms with Gasteiger partial charge in [0.05, 0.1) is 23.3 Å². The van der Waals surface area contributed by atoms with Crippen molar-refractivity contribution in [2.45, 2.75) is 33.7 Å². The van der Waals surface area contributed by atoms with Gasteiger partial charge in [-0.3, -0.25) is 4.79 Å². The largest absolute Gasteiger partial charge is 0.490 e. The number of ether oxygens (including phenoxy) is 2. The van der Waals surface area contributed by atoms with E-state index in [2.05, 4.69) is 36.6 Å². The van der Waals surface area contributed by atoms with Gasteiger partial charge in [-0.15, -0.1) is 0 Å². The molecule has 0 aliphatic carbocycles. The van der Waals surface area contributed by atoms with E-state index in [0.29, 0.717) is 41.9 Å². The predicted octanol–water partition coefficient (Wildman–Crippen LogP) is 5.07. The standard InChI is InChI=1S/C24H26BrN5O3/c1-5-32-19-12-16(11-17(25)22(19)33-6-2)21-20(15(4)28-24-26-13-27-30(21)24)23(31)29-18-10-8-7-9-14(18)3/h7-13,21H,5-6H2,1-4H3,(H,29,31)(H,26,27,28). The molecule has 1 unspecified atom stereocenters. The third-order valence-corrected chi connectivity index (χ3v) is 5.96. The quantitative estimate of drug-likeness (QED) is 0.459. The highest BCUT2D eigenvalue weighted by Gasteiger charge is 2.34. The molecule has 4 rings (SSSR count). The molecule has 0 saturated carbocycles. The normalized spacial score (nSPS) is 15.0. The molecule has 3 aromatic rings. The van der Waals surface area contributed by atoms with E-state index in [1.54, 1.807) is 4.68 Å². The van der Waals surface area contributed by atoms with Crippen molar-refractivity contribution >= 4 is 33.5 Å². The summed E-state index contributed by atoms with van der Waals surface area (Å²) in [6.45, 7) is 8.64. The van der Waals surface area contributed by atoms with Gasteiger partial charge in [0.1, 0.15) is 12.4 Å². The van der Waals surface area contributed by atoms with Crippen molar-refractivity contribution in [2.24, 2.45) is 0 Å². The topological polar surface area (TPSA) is 90.3 Å². The summed E-state index contributed by atoms with van der Waals surface area (Å²) < 4.78 is 14.1. The molecule has 1 aliphatic heterocycles. The van der Waals surface area contributed by atoms with E-state index in [4.69, 9.17) is 9.47 Å². The van der Waals surface area contributed by atoms with Crippen molar-refractivity contribution in [1.29, 1.82) is 0 Å². The van der Waals surface area contributed by atoms with Crippen LogP contribution in [0.4, 0.5) is 11.6 Å². The number of halogens is 1. The number of amides is 1. The lowest BCUT2D eigenvalue weighted by molar-refractivity contribution is -0.113. The van der Waals surface area contributed by atoms with Gasteiger partial charge >= 0.3 is 0 Å². The molecule has 2 heterocycles. The molecule has 1 aromatic heterocycles. The highest BCUT2D eigenvalue weighted by atomic mass is 79.9. The van der Waals surface area contributed by atoms with Crippen LogP contribution >= 0.6 is 15.9 Å². The summed E-state index contributed by atoms with van der Waals surface area (Å²) in [5.41, 5.74) is 3.79. The summed E-state index contributed by atoms with van der Waals surface area (Å²) in [5, 5.41) is 10.7. The van der Waals surface area contributed by atoms with Crippen LogP contribution in [0, 0.1) is 6.92 Å². The monoisotopic (exact) mass is 511 g/mol. The van der Waals surface area contributed by atoms with Crippen LogP contribution in [0.5, 0.6) is 11.5 Å². The first-order valence-corrected chi connectivity index (χ1v) is 11.6. The van der Waals surface area contributed by atoms with Crippen molar-refractivity contribution in [3.63, 3.8) is 0 Å². The van der Waals surface area contributed by atoms with Gasteiger partial charge in [-0.05, 0) is 73.0 Å². The van der Waals surface area contributed by atoms with Gasteiger partial charge in [0.25, 0.3) is 5.91 Å². The molecular formula is C24H26BrN5O3. The van der Waals surface area contributed by atoms with E-state index >= 15 is 0 Å². The zero-order valence-corrected chi connectivity index (χ0v) is 20.6. The number of aryl methyl sites for hydroxylation is 1. The van der Waals surface area contributed by atoms with E-state index in [1.807, 2.05) is 64.1 Å². The van der Waals surface area contributed by atoms with E-state index in [0.717, 1.165) is 21.3 Å². The van der Waals surface area contributed by atoms with Crippen molar-refractivity contribution in [1.82, 2.24) is 14.8 Å². The molecule has 1 aliphatic rings. The summed E-state index contributed by atoms with van der Waals surface area (Å²) in [7, 11) is 0. The third kappa shape index (κ3) is 4.45. The first kappa shape index (κ1) is 22.8. The Kier molecular flexibility index (Phi) is 6.69. The van der Waals surface area contributed by atoms with Crippen LogP contribution in [0.3, 0.4) is 0 Å². The van der Waals surface area contributed by atoms with Crippen molar-refractivity contribution < 1.29 is 14.3 Å². The third-order valence-electron chi connectivity index (χ3n) is 5.37. The average molecular weight is 512 g/mol. The Hall–Kier alpha value is -3.33. The lowest BCUT2D eigenvalue weighted by Gasteiger charge is -2.29. The summed E-state index contributed by atoms with van der Waals surface area (Å²) in [5.74, 6) is 1.57. The molecular weight excluding hydrogens is 486 g/mol. The van der Waals surface area contributed by atoms with Crippen LogP contribution in [0.25, 0.3) is 0 Å². The molecule has 9 heteroatoms. The summed E-state index contributed by atoms with van der Waals surface area (Å²) in [6.07, 6.45) is 1.47. The number of carbonyl (C=O) groups is 1. The molecule has 0 saturated heterocycles. The first-order valence-electron chi connectivity index (χ1n) is 10.8. The Labute approximate surface area is 201 Å². The molecule has 0 bridgehead atoms. The second kappa shape index (κ2) is 9.66. The maximum absolute atomic E-state index is 13.6. The van der Waals surface area contributed by atoms with Crippen LogP contribution in [0.2, 0.25) is 0 Å². The number of rotatable bonds is 7. The second-order valence-electron chi connectivity index (χ2n) is 7.56. The molecule has 0 fully saturated rings. The summed E-state index contributed by atoms with van der Waals surface area (Å²) in [4.78, 5) is 17.9. The zero-order chi connectivity index (χ0) is 23.5. The maximum Gasteiger partial charge on any atom is 0.255 e. The Bertz CT molecular complexity index is 1220. The lowest BCUT2D eigenvalue weighted by Crippen LogP contribution is -2.31. The number of nitrogens with one attached hydrogen (secondary N) is 2. The number of hydrogen-bond donors (Lipinski definition) is 2. The minimum absolute atomic E-state index is 0.219. The fourth-order valence-corrected chi connectivity index (χ4v) is 4.46. The number of fused-ring (bicyclic) bond motifs is 1. The van der Waals surface area contributed by atoms with Crippen molar-refractivity contribution in [2.75, 3.05) is 23.8 Å². The van der Waals surface area contributed by atoms with Gasteiger partial charge in [-0.25, -0.2) is 4.68 Å². The van der Waals surface area contributed by atoms with Crippen molar-refractivity contribution in [3.05, 3.63) is 69.6 Å². The number of allylic oxidation sites excluding steroid dienone is 1. The van der Waals surface area contributed by atoms with E-state index < -0.39 is 6.04 Å². The number of para-hydroxylation sites is 1. The molecule has 0 radical (unpaired) electrons.